The molecule has 0 spiro atoms. The maximum absolute atomic E-state index is 12.2. The number of carbonyl (C=O) groups excluding carboxylic acids is 2. The zero-order valence-corrected chi connectivity index (χ0v) is 43.5. The second kappa shape index (κ2) is 52.3. The van der Waals surface area contributed by atoms with Crippen LogP contribution in [0.5, 0.6) is 0 Å². The summed E-state index contributed by atoms with van der Waals surface area (Å²) in [5.41, 5.74) is 0. The van der Waals surface area contributed by atoms with Gasteiger partial charge in [0.25, 0.3) is 0 Å². The van der Waals surface area contributed by atoms with Crippen LogP contribution in [0.1, 0.15) is 219 Å². The summed E-state index contributed by atoms with van der Waals surface area (Å²) in [6.07, 6.45) is 69.2. The van der Waals surface area contributed by atoms with Crippen molar-refractivity contribution in [2.75, 3.05) is 26.4 Å². The van der Waals surface area contributed by atoms with E-state index >= 15 is 0 Å². The van der Waals surface area contributed by atoms with E-state index in [0.29, 0.717) is 6.42 Å². The number of allylic oxidation sites excluding steroid dienone is 16. The monoisotopic (exact) mass is 956 g/mol. The molecule has 0 rings (SSSR count). The molecule has 2 unspecified atom stereocenters. The van der Waals surface area contributed by atoms with Crippen molar-refractivity contribution < 1.29 is 37.9 Å². The van der Waals surface area contributed by atoms with Crippen LogP contribution in [0.15, 0.2) is 97.2 Å². The Bertz CT molecular complexity index is 1410. The number of hydrogen-bond acceptors (Lipinski definition) is 7. The first-order valence-electron chi connectivity index (χ1n) is 26.7. The van der Waals surface area contributed by atoms with Gasteiger partial charge in [0, 0.05) is 19.4 Å². The van der Waals surface area contributed by atoms with Crippen LogP contribution in [0.4, 0.5) is 0 Å². The van der Waals surface area contributed by atoms with Gasteiger partial charge >= 0.3 is 13.8 Å². The summed E-state index contributed by atoms with van der Waals surface area (Å²) in [6.45, 7) is 3.39. The van der Waals surface area contributed by atoms with Gasteiger partial charge in [0.2, 0.25) is 5.91 Å². The second-order valence-corrected chi connectivity index (χ2v) is 18.9. The van der Waals surface area contributed by atoms with Gasteiger partial charge in [0.05, 0.1) is 13.2 Å². The smallest absolute Gasteiger partial charge is 0.463 e. The lowest BCUT2D eigenvalue weighted by Gasteiger charge is -2.15. The van der Waals surface area contributed by atoms with Crippen LogP contribution in [0, 0.1) is 0 Å². The minimum atomic E-state index is -4.44. The highest BCUT2D eigenvalue weighted by Crippen LogP contribution is 2.42. The van der Waals surface area contributed by atoms with Crippen molar-refractivity contribution in [2.45, 2.75) is 225 Å². The number of nitrogens with one attached hydrogen (secondary N) is 1. The number of aliphatic hydroxyl groups excluding tert-OH is 1. The van der Waals surface area contributed by atoms with E-state index in [4.69, 9.17) is 13.8 Å². The Balaban J connectivity index is 3.62. The quantitative estimate of drug-likeness (QED) is 0.0238. The molecule has 3 N–H and O–H groups in total. The van der Waals surface area contributed by atoms with Gasteiger partial charge in [-0.25, -0.2) is 4.57 Å². The van der Waals surface area contributed by atoms with E-state index in [1.807, 2.05) is 0 Å². The van der Waals surface area contributed by atoms with Gasteiger partial charge in [-0.05, 0) is 96.3 Å². The third-order valence-electron chi connectivity index (χ3n) is 11.0. The van der Waals surface area contributed by atoms with E-state index in [1.165, 1.54) is 96.3 Å². The molecular weight excluding hydrogens is 858 g/mol. The molecule has 0 saturated carbocycles. The first-order chi connectivity index (χ1) is 32.8. The Morgan fingerprint density at radius 3 is 1.28 bits per heavy atom. The van der Waals surface area contributed by atoms with Crippen molar-refractivity contribution in [1.82, 2.24) is 5.32 Å². The van der Waals surface area contributed by atoms with Crippen LogP contribution >= 0.6 is 7.82 Å². The van der Waals surface area contributed by atoms with Gasteiger partial charge in [-0.2, -0.15) is 0 Å². The molecule has 9 nitrogen and oxygen atoms in total. The van der Waals surface area contributed by atoms with Gasteiger partial charge in [-0.3, -0.25) is 18.6 Å². The van der Waals surface area contributed by atoms with E-state index < -0.39 is 26.5 Å². The average molecular weight is 956 g/mol. The maximum atomic E-state index is 12.2. The van der Waals surface area contributed by atoms with Gasteiger partial charge in [-0.15, -0.1) is 0 Å². The summed E-state index contributed by atoms with van der Waals surface area (Å²) in [5.74, 6) is -0.545. The van der Waals surface area contributed by atoms with Crippen LogP contribution < -0.4 is 5.32 Å². The number of phosphoric acid groups is 1. The fourth-order valence-corrected chi connectivity index (χ4v) is 7.76. The zero-order valence-electron chi connectivity index (χ0n) is 42.6. The summed E-state index contributed by atoms with van der Waals surface area (Å²) in [4.78, 5) is 34.1. The highest BCUT2D eigenvalue weighted by molar-refractivity contribution is 7.47. The lowest BCUT2D eigenvalue weighted by atomic mass is 10.0. The van der Waals surface area contributed by atoms with Crippen molar-refractivity contribution in [3.63, 3.8) is 0 Å². The Morgan fingerprint density at radius 2 is 0.851 bits per heavy atom. The summed E-state index contributed by atoms with van der Waals surface area (Å²) in [7, 11) is -4.44. The van der Waals surface area contributed by atoms with Crippen LogP contribution in [-0.4, -0.2) is 54.3 Å². The molecule has 0 heterocycles. The molecule has 0 aliphatic heterocycles. The summed E-state index contributed by atoms with van der Waals surface area (Å²) < 4.78 is 27.0. The molecule has 0 aromatic carbocycles. The van der Waals surface area contributed by atoms with Crippen molar-refractivity contribution in [2.24, 2.45) is 0 Å². The van der Waals surface area contributed by atoms with Crippen LogP contribution in [0.3, 0.4) is 0 Å². The molecule has 0 saturated heterocycles. The van der Waals surface area contributed by atoms with Crippen molar-refractivity contribution in [3.05, 3.63) is 97.2 Å². The van der Waals surface area contributed by atoms with Crippen molar-refractivity contribution >= 4 is 19.7 Å². The normalized spacial score (nSPS) is 13.9. The van der Waals surface area contributed by atoms with E-state index in [-0.39, 0.29) is 32.1 Å². The average Bonchev–Trinajstić information content (AvgIpc) is 3.32. The number of phosphoric ester groups is 1. The minimum Gasteiger partial charge on any atom is -0.463 e. The summed E-state index contributed by atoms with van der Waals surface area (Å²) in [6, 6.07) is 0. The molecular formula is C57H98NO8P. The molecule has 10 heteroatoms. The number of carbonyl (C=O) groups is 2. The number of ether oxygens (including phenoxy) is 1. The molecule has 384 valence electrons. The zero-order chi connectivity index (χ0) is 48.8. The Labute approximate surface area is 410 Å². The second-order valence-electron chi connectivity index (χ2n) is 17.5. The summed E-state index contributed by atoms with van der Waals surface area (Å²) >= 11 is 0. The Kier molecular flexibility index (Phi) is 49.9. The van der Waals surface area contributed by atoms with E-state index in [2.05, 4.69) is 116 Å². The number of unbranched alkanes of at least 4 members (excludes halogenated alkanes) is 20. The van der Waals surface area contributed by atoms with Gasteiger partial charge in [0.1, 0.15) is 12.7 Å². The SMILES string of the molecule is CC/C=C\C/C=C\C/C=C\C/C=C\C/C=C\C/C=C\CCCCCCC(=O)NCCOP(=O)(O)OCC(O)COC(=O)CCCCCCCCCCCCCCC/C=C\C/C=C\CCCCC. The molecule has 0 aliphatic carbocycles. The molecule has 0 fully saturated rings. The van der Waals surface area contributed by atoms with Crippen molar-refractivity contribution in [3.8, 4) is 0 Å². The van der Waals surface area contributed by atoms with E-state index in [1.54, 1.807) is 0 Å². The van der Waals surface area contributed by atoms with Gasteiger partial charge in [-0.1, -0.05) is 207 Å². The van der Waals surface area contributed by atoms with Gasteiger partial charge in [0.15, 0.2) is 0 Å². The molecule has 0 bridgehead atoms. The first kappa shape index (κ1) is 63.9. The first-order valence-corrected chi connectivity index (χ1v) is 28.2. The lowest BCUT2D eigenvalue weighted by molar-refractivity contribution is -0.147. The predicted molar refractivity (Wildman–Crippen MR) is 284 cm³/mol. The largest absolute Gasteiger partial charge is 0.472 e. The fraction of sp³-hybridized carbons (Fsp3) is 0.684. The third kappa shape index (κ3) is 53.7. The number of amides is 1. The molecule has 1 amide bonds. The third-order valence-corrected chi connectivity index (χ3v) is 12.0. The number of hydrogen-bond donors (Lipinski definition) is 3. The fourth-order valence-electron chi connectivity index (χ4n) is 7.00. The van der Waals surface area contributed by atoms with Crippen molar-refractivity contribution in [1.29, 1.82) is 0 Å². The van der Waals surface area contributed by atoms with Gasteiger partial charge < -0.3 is 20.1 Å². The topological polar surface area (TPSA) is 131 Å². The maximum Gasteiger partial charge on any atom is 0.472 e. The molecule has 0 aromatic rings. The Morgan fingerprint density at radius 1 is 0.478 bits per heavy atom. The highest BCUT2D eigenvalue weighted by atomic mass is 31.2. The van der Waals surface area contributed by atoms with E-state index in [0.717, 1.165) is 96.3 Å². The number of rotatable bonds is 49. The molecule has 67 heavy (non-hydrogen) atoms. The summed E-state index contributed by atoms with van der Waals surface area (Å²) in [5, 5.41) is 12.8. The highest BCUT2D eigenvalue weighted by Gasteiger charge is 2.23. The molecule has 0 aliphatic rings. The van der Waals surface area contributed by atoms with Crippen LogP contribution in [-0.2, 0) is 27.9 Å². The molecule has 0 radical (unpaired) electrons. The Hall–Kier alpha value is -3.07. The standard InChI is InChI=1S/C57H98NO8P/c1-3-5-7-9-11-13-15-17-19-21-23-25-27-29-31-33-35-37-39-41-43-45-47-49-56(60)58-51-52-65-67(62,63)66-54-55(59)53-64-57(61)50-48-46-44-42-40-38-36-34-32-30-28-26-24-22-20-18-16-14-12-10-8-6-4-2/h5,7,11-14,17-20,23,25,29,31,35,37,55,59H,3-4,6,8-10,15-16,21-22,24,26-28,30,32-34,36,38-54H2,1-2H3,(H,58,60)(H,62,63)/b7-5-,13-11-,14-12-,19-17-,20-18-,25-23-,31-29-,37-35-. The molecule has 0 aromatic heterocycles. The molecule has 2 atom stereocenters. The number of esters is 1. The minimum absolute atomic E-state index is 0.0621. The predicted octanol–water partition coefficient (Wildman–Crippen LogP) is 16.1. The lowest BCUT2D eigenvalue weighted by Crippen LogP contribution is -2.27. The van der Waals surface area contributed by atoms with Crippen LogP contribution in [0.25, 0.3) is 0 Å². The van der Waals surface area contributed by atoms with E-state index in [9.17, 15) is 24.2 Å². The number of aliphatic hydroxyl groups is 1. The van der Waals surface area contributed by atoms with Crippen LogP contribution in [0.2, 0.25) is 0 Å².